The van der Waals surface area contributed by atoms with Gasteiger partial charge in [0.05, 0.1) is 17.7 Å². The Morgan fingerprint density at radius 1 is 1.43 bits per heavy atom. The van der Waals surface area contributed by atoms with Crippen LogP contribution in [-0.4, -0.2) is 36.7 Å². The van der Waals surface area contributed by atoms with Crippen molar-refractivity contribution in [3.8, 4) is 0 Å². The maximum Gasteiger partial charge on any atom is 0.270 e. The largest absolute Gasteiger partial charge is 0.376 e. The maximum atomic E-state index is 11.9. The lowest BCUT2D eigenvalue weighted by Gasteiger charge is -2.21. The molecule has 0 radical (unpaired) electrons. The highest BCUT2D eigenvalue weighted by molar-refractivity contribution is 7.09. The van der Waals surface area contributed by atoms with E-state index in [2.05, 4.69) is 10.3 Å². The molecular weight excluding hydrogens is 310 g/mol. The standard InChI is InChI=1S/C14H23N3O2S.ClH/c15-7-6-13-17-12(10-20-13)14(18)16-8-9-19-11-4-2-1-3-5-11;/h10-11H,1-9,15H2,(H,16,18);1H. The van der Waals surface area contributed by atoms with Gasteiger partial charge in [0.1, 0.15) is 5.69 Å². The minimum absolute atomic E-state index is 0. The van der Waals surface area contributed by atoms with Gasteiger partial charge in [0.15, 0.2) is 0 Å². The molecule has 1 aromatic rings. The van der Waals surface area contributed by atoms with Crippen molar-refractivity contribution in [2.75, 3.05) is 19.7 Å². The molecule has 0 aromatic carbocycles. The third-order valence-electron chi connectivity index (χ3n) is 3.44. The molecule has 1 fully saturated rings. The lowest BCUT2D eigenvalue weighted by Crippen LogP contribution is -2.29. The van der Waals surface area contributed by atoms with Gasteiger partial charge in [-0.2, -0.15) is 0 Å². The minimum atomic E-state index is -0.128. The topological polar surface area (TPSA) is 77.2 Å². The van der Waals surface area contributed by atoms with E-state index in [-0.39, 0.29) is 18.3 Å². The number of halogens is 1. The summed E-state index contributed by atoms with van der Waals surface area (Å²) in [6, 6.07) is 0. The SMILES string of the molecule is Cl.NCCc1nc(C(=O)NCCOC2CCCCC2)cs1. The summed E-state index contributed by atoms with van der Waals surface area (Å²) in [5.74, 6) is -0.128. The average Bonchev–Trinajstić information content (AvgIpc) is 2.94. The third kappa shape index (κ3) is 6.30. The summed E-state index contributed by atoms with van der Waals surface area (Å²) in [5, 5.41) is 5.54. The van der Waals surface area contributed by atoms with E-state index >= 15 is 0 Å². The second-order valence-electron chi connectivity index (χ2n) is 5.05. The molecule has 0 unspecified atom stereocenters. The number of ether oxygens (including phenoxy) is 1. The van der Waals surface area contributed by atoms with E-state index in [4.69, 9.17) is 10.5 Å². The Hall–Kier alpha value is -0.690. The molecule has 21 heavy (non-hydrogen) atoms. The lowest BCUT2D eigenvalue weighted by atomic mass is 9.98. The summed E-state index contributed by atoms with van der Waals surface area (Å²) in [6.07, 6.45) is 7.27. The van der Waals surface area contributed by atoms with Crippen LogP contribution in [0.4, 0.5) is 0 Å². The van der Waals surface area contributed by atoms with Crippen molar-refractivity contribution in [2.45, 2.75) is 44.6 Å². The van der Waals surface area contributed by atoms with Crippen molar-refractivity contribution in [2.24, 2.45) is 5.73 Å². The molecule has 0 spiro atoms. The monoisotopic (exact) mass is 333 g/mol. The smallest absolute Gasteiger partial charge is 0.270 e. The summed E-state index contributed by atoms with van der Waals surface area (Å²) in [5.41, 5.74) is 5.95. The van der Waals surface area contributed by atoms with Crippen LogP contribution in [0.15, 0.2) is 5.38 Å². The first-order valence-electron chi connectivity index (χ1n) is 7.34. The zero-order valence-electron chi connectivity index (χ0n) is 12.2. The number of thiazole rings is 1. The summed E-state index contributed by atoms with van der Waals surface area (Å²) in [4.78, 5) is 16.1. The van der Waals surface area contributed by atoms with E-state index in [1.54, 1.807) is 5.38 Å². The van der Waals surface area contributed by atoms with Crippen molar-refractivity contribution in [3.05, 3.63) is 16.1 Å². The first-order valence-corrected chi connectivity index (χ1v) is 8.22. The van der Waals surface area contributed by atoms with Crippen LogP contribution in [0, 0.1) is 0 Å². The number of carbonyl (C=O) groups is 1. The highest BCUT2D eigenvalue weighted by atomic mass is 35.5. The number of hydrogen-bond donors (Lipinski definition) is 2. The second-order valence-corrected chi connectivity index (χ2v) is 5.99. The van der Waals surface area contributed by atoms with Crippen molar-refractivity contribution in [3.63, 3.8) is 0 Å². The molecule has 1 aromatic heterocycles. The predicted molar refractivity (Wildman–Crippen MR) is 87.3 cm³/mol. The first kappa shape index (κ1) is 18.4. The number of amides is 1. The number of hydrogen-bond acceptors (Lipinski definition) is 5. The van der Waals surface area contributed by atoms with Gasteiger partial charge in [0, 0.05) is 18.3 Å². The number of rotatable bonds is 7. The zero-order chi connectivity index (χ0) is 14.2. The molecule has 7 heteroatoms. The summed E-state index contributed by atoms with van der Waals surface area (Å²) in [7, 11) is 0. The molecule has 0 atom stereocenters. The van der Waals surface area contributed by atoms with Crippen LogP contribution < -0.4 is 11.1 Å². The minimum Gasteiger partial charge on any atom is -0.376 e. The fraction of sp³-hybridized carbons (Fsp3) is 0.714. The van der Waals surface area contributed by atoms with Crippen molar-refractivity contribution in [1.82, 2.24) is 10.3 Å². The van der Waals surface area contributed by atoms with Crippen LogP contribution in [0.5, 0.6) is 0 Å². The van der Waals surface area contributed by atoms with Crippen LogP contribution in [0.3, 0.4) is 0 Å². The molecule has 1 aliphatic rings. The Kier molecular flexibility index (Phi) is 8.84. The molecule has 1 heterocycles. The molecule has 1 saturated carbocycles. The highest BCUT2D eigenvalue weighted by Crippen LogP contribution is 2.19. The fourth-order valence-electron chi connectivity index (χ4n) is 2.37. The van der Waals surface area contributed by atoms with Gasteiger partial charge in [0.2, 0.25) is 0 Å². The maximum absolute atomic E-state index is 11.9. The molecule has 120 valence electrons. The predicted octanol–water partition coefficient (Wildman–Crippen LogP) is 2.15. The zero-order valence-corrected chi connectivity index (χ0v) is 13.8. The Labute approximate surface area is 136 Å². The van der Waals surface area contributed by atoms with Crippen molar-refractivity contribution < 1.29 is 9.53 Å². The molecule has 0 aliphatic heterocycles. The molecule has 1 aliphatic carbocycles. The summed E-state index contributed by atoms with van der Waals surface area (Å²) >= 11 is 1.48. The molecule has 1 amide bonds. The van der Waals surface area contributed by atoms with Crippen LogP contribution in [0.25, 0.3) is 0 Å². The molecule has 0 bridgehead atoms. The van der Waals surface area contributed by atoms with Gasteiger partial charge >= 0.3 is 0 Å². The van der Waals surface area contributed by atoms with E-state index in [9.17, 15) is 4.79 Å². The van der Waals surface area contributed by atoms with Gasteiger partial charge < -0.3 is 15.8 Å². The van der Waals surface area contributed by atoms with E-state index in [0.29, 0.717) is 31.5 Å². The van der Waals surface area contributed by atoms with Gasteiger partial charge in [0.25, 0.3) is 5.91 Å². The summed E-state index contributed by atoms with van der Waals surface area (Å²) < 4.78 is 5.76. The molecule has 3 N–H and O–H groups in total. The van der Waals surface area contributed by atoms with Crippen molar-refractivity contribution in [1.29, 1.82) is 0 Å². The van der Waals surface area contributed by atoms with Crippen molar-refractivity contribution >= 4 is 29.7 Å². The molecule has 0 saturated heterocycles. The second kappa shape index (κ2) is 10.1. The van der Waals surface area contributed by atoms with Crippen LogP contribution in [0.1, 0.15) is 47.6 Å². The number of aromatic nitrogens is 1. The Bertz CT molecular complexity index is 422. The molecule has 2 rings (SSSR count). The van der Waals surface area contributed by atoms with Gasteiger partial charge in [-0.3, -0.25) is 4.79 Å². The van der Waals surface area contributed by atoms with Gasteiger partial charge in [-0.15, -0.1) is 23.7 Å². The molecule has 5 nitrogen and oxygen atoms in total. The van der Waals surface area contributed by atoms with Gasteiger partial charge in [-0.25, -0.2) is 4.98 Å². The lowest BCUT2D eigenvalue weighted by molar-refractivity contribution is 0.0299. The Morgan fingerprint density at radius 3 is 2.90 bits per heavy atom. The normalized spacial score (nSPS) is 15.5. The van der Waals surface area contributed by atoms with E-state index < -0.39 is 0 Å². The van der Waals surface area contributed by atoms with Crippen LogP contribution >= 0.6 is 23.7 Å². The van der Waals surface area contributed by atoms with Gasteiger partial charge in [-0.1, -0.05) is 19.3 Å². The Balaban J connectivity index is 0.00000220. The number of nitrogens with two attached hydrogens (primary N) is 1. The highest BCUT2D eigenvalue weighted by Gasteiger charge is 2.14. The number of carbonyl (C=O) groups excluding carboxylic acids is 1. The van der Waals surface area contributed by atoms with E-state index in [1.807, 2.05) is 0 Å². The number of nitrogens with one attached hydrogen (secondary N) is 1. The fourth-order valence-corrected chi connectivity index (χ4v) is 3.16. The number of nitrogens with zero attached hydrogens (tertiary/aromatic N) is 1. The third-order valence-corrected chi connectivity index (χ3v) is 4.34. The Morgan fingerprint density at radius 2 is 2.19 bits per heavy atom. The van der Waals surface area contributed by atoms with E-state index in [1.165, 1.54) is 30.6 Å². The quantitative estimate of drug-likeness (QED) is 0.749. The van der Waals surface area contributed by atoms with Crippen LogP contribution in [-0.2, 0) is 11.2 Å². The summed E-state index contributed by atoms with van der Waals surface area (Å²) in [6.45, 7) is 1.68. The molecular formula is C14H24ClN3O2S. The van der Waals surface area contributed by atoms with Crippen LogP contribution in [0.2, 0.25) is 0 Å². The van der Waals surface area contributed by atoms with E-state index in [0.717, 1.165) is 24.3 Å². The average molecular weight is 334 g/mol. The van der Waals surface area contributed by atoms with Gasteiger partial charge in [-0.05, 0) is 19.4 Å². The first-order chi connectivity index (χ1) is 9.79.